The van der Waals surface area contributed by atoms with Crippen LogP contribution in [0.4, 0.5) is 5.69 Å². The molecule has 0 saturated heterocycles. The summed E-state index contributed by atoms with van der Waals surface area (Å²) in [5.74, 6) is 0. The first-order valence-corrected chi connectivity index (χ1v) is 3.21. The smallest absolute Gasteiger partial charge is 0.0625 e. The van der Waals surface area contributed by atoms with Crippen molar-refractivity contribution in [3.8, 4) is 0 Å². The summed E-state index contributed by atoms with van der Waals surface area (Å²) in [6.45, 7) is 5.56. The number of aryl methyl sites for hydroxylation is 1. The Bertz CT molecular complexity index is 221. The molecule has 0 saturated carbocycles. The van der Waals surface area contributed by atoms with E-state index in [-0.39, 0.29) is 0 Å². The van der Waals surface area contributed by atoms with Gasteiger partial charge in [0.05, 0.1) is 5.69 Å². The van der Waals surface area contributed by atoms with Gasteiger partial charge in [0, 0.05) is 6.21 Å². The van der Waals surface area contributed by atoms with E-state index in [0.29, 0.717) is 0 Å². The Labute approximate surface area is 61.4 Å². The lowest BCUT2D eigenvalue weighted by molar-refractivity contribution is 1.44. The van der Waals surface area contributed by atoms with E-state index >= 15 is 0 Å². The van der Waals surface area contributed by atoms with Crippen LogP contribution >= 0.6 is 0 Å². The molecule has 0 aliphatic rings. The Kier molecular flexibility index (Phi) is 2.21. The molecule has 0 aliphatic carbocycles. The lowest BCUT2D eigenvalue weighted by Crippen LogP contribution is -1.68. The number of hydrogen-bond acceptors (Lipinski definition) is 1. The van der Waals surface area contributed by atoms with Crippen molar-refractivity contribution in [3.63, 3.8) is 0 Å². The van der Waals surface area contributed by atoms with Gasteiger partial charge in [0.2, 0.25) is 0 Å². The van der Waals surface area contributed by atoms with Gasteiger partial charge in [0.25, 0.3) is 0 Å². The predicted molar refractivity (Wildman–Crippen MR) is 44.7 cm³/mol. The van der Waals surface area contributed by atoms with Crippen LogP contribution < -0.4 is 0 Å². The van der Waals surface area contributed by atoms with E-state index in [1.165, 1.54) is 5.56 Å². The number of hydrogen-bond donors (Lipinski definition) is 0. The molecule has 1 nitrogen and oxygen atoms in total. The topological polar surface area (TPSA) is 12.4 Å². The Morgan fingerprint density at radius 3 is 2.40 bits per heavy atom. The van der Waals surface area contributed by atoms with Crippen LogP contribution in [-0.4, -0.2) is 6.21 Å². The SMILES string of the molecule is [CH2]C=Nc1ccc(C)cc1. The Morgan fingerprint density at radius 2 is 1.90 bits per heavy atom. The maximum absolute atomic E-state index is 4.01. The van der Waals surface area contributed by atoms with Crippen LogP contribution in [0.2, 0.25) is 0 Å². The summed E-state index contributed by atoms with van der Waals surface area (Å²) in [4.78, 5) is 4.01. The van der Waals surface area contributed by atoms with Gasteiger partial charge in [0.1, 0.15) is 0 Å². The van der Waals surface area contributed by atoms with E-state index in [9.17, 15) is 0 Å². The molecule has 0 bridgehead atoms. The predicted octanol–water partition coefficient (Wildman–Crippen LogP) is 2.53. The first-order chi connectivity index (χ1) is 4.83. The molecule has 1 aromatic rings. The first-order valence-electron chi connectivity index (χ1n) is 3.21. The van der Waals surface area contributed by atoms with Crippen LogP contribution in [0.1, 0.15) is 5.56 Å². The second-order valence-electron chi connectivity index (χ2n) is 2.15. The molecule has 0 heterocycles. The van der Waals surface area contributed by atoms with Crippen LogP contribution in [0.15, 0.2) is 29.3 Å². The zero-order chi connectivity index (χ0) is 7.40. The molecule has 1 aromatic carbocycles. The van der Waals surface area contributed by atoms with Gasteiger partial charge in [-0.05, 0) is 26.0 Å². The third-order valence-electron chi connectivity index (χ3n) is 1.27. The van der Waals surface area contributed by atoms with Crippen LogP contribution in [-0.2, 0) is 0 Å². The maximum atomic E-state index is 4.01. The largest absolute Gasteiger partial charge is 0.261 e. The highest BCUT2D eigenvalue weighted by Gasteiger charge is 1.84. The van der Waals surface area contributed by atoms with Crippen LogP contribution in [0, 0.1) is 13.8 Å². The molecule has 0 aliphatic heterocycles. The zero-order valence-electron chi connectivity index (χ0n) is 6.04. The second kappa shape index (κ2) is 3.16. The van der Waals surface area contributed by atoms with Crippen molar-refractivity contribution in [1.29, 1.82) is 0 Å². The Morgan fingerprint density at radius 1 is 1.30 bits per heavy atom. The Hall–Kier alpha value is -1.11. The molecule has 0 fully saturated rings. The number of rotatable bonds is 1. The molecular weight excluding hydrogens is 122 g/mol. The quantitative estimate of drug-likeness (QED) is 0.521. The minimum absolute atomic E-state index is 0.959. The van der Waals surface area contributed by atoms with Crippen molar-refractivity contribution in [2.24, 2.45) is 4.99 Å². The van der Waals surface area contributed by atoms with Crippen LogP contribution in [0.5, 0.6) is 0 Å². The summed E-state index contributed by atoms with van der Waals surface area (Å²) in [5, 5.41) is 0. The standard InChI is InChI=1S/C9H10N/c1-3-10-9-6-4-8(2)5-7-9/h3-7H,1H2,2H3. The Balaban J connectivity index is 2.89. The summed E-state index contributed by atoms with van der Waals surface area (Å²) in [7, 11) is 0. The lowest BCUT2D eigenvalue weighted by Gasteiger charge is -1.92. The van der Waals surface area contributed by atoms with Gasteiger partial charge >= 0.3 is 0 Å². The highest BCUT2D eigenvalue weighted by molar-refractivity contribution is 5.66. The van der Waals surface area contributed by atoms with E-state index in [0.717, 1.165) is 5.69 Å². The lowest BCUT2D eigenvalue weighted by atomic mass is 10.2. The van der Waals surface area contributed by atoms with E-state index in [2.05, 4.69) is 18.8 Å². The summed E-state index contributed by atoms with van der Waals surface area (Å²) in [6, 6.07) is 8.00. The third-order valence-corrected chi connectivity index (χ3v) is 1.27. The molecule has 0 unspecified atom stereocenters. The van der Waals surface area contributed by atoms with E-state index in [4.69, 9.17) is 0 Å². The van der Waals surface area contributed by atoms with Crippen molar-refractivity contribution in [2.75, 3.05) is 0 Å². The van der Waals surface area contributed by atoms with Gasteiger partial charge < -0.3 is 0 Å². The molecule has 1 rings (SSSR count). The monoisotopic (exact) mass is 132 g/mol. The van der Waals surface area contributed by atoms with Crippen molar-refractivity contribution < 1.29 is 0 Å². The highest BCUT2D eigenvalue weighted by atomic mass is 14.7. The van der Waals surface area contributed by atoms with Crippen molar-refractivity contribution in [3.05, 3.63) is 36.8 Å². The zero-order valence-corrected chi connectivity index (χ0v) is 6.04. The van der Waals surface area contributed by atoms with E-state index in [1.54, 1.807) is 6.21 Å². The molecule has 1 radical (unpaired) electrons. The molecule has 10 heavy (non-hydrogen) atoms. The molecule has 0 N–H and O–H groups in total. The normalized spacial score (nSPS) is 10.6. The average Bonchev–Trinajstić information content (AvgIpc) is 1.95. The molecule has 0 amide bonds. The minimum Gasteiger partial charge on any atom is -0.261 e. The van der Waals surface area contributed by atoms with Crippen molar-refractivity contribution in [2.45, 2.75) is 6.92 Å². The number of benzene rings is 1. The van der Waals surface area contributed by atoms with Crippen molar-refractivity contribution in [1.82, 2.24) is 0 Å². The molecule has 1 heteroatoms. The van der Waals surface area contributed by atoms with Crippen molar-refractivity contribution >= 4 is 11.9 Å². The van der Waals surface area contributed by atoms with Crippen LogP contribution in [0.25, 0.3) is 0 Å². The molecule has 0 atom stereocenters. The molecular formula is C9H10N. The van der Waals surface area contributed by atoms with Crippen LogP contribution in [0.3, 0.4) is 0 Å². The van der Waals surface area contributed by atoms with Gasteiger partial charge in [0.15, 0.2) is 0 Å². The average molecular weight is 132 g/mol. The fraction of sp³-hybridized carbons (Fsp3) is 0.111. The molecule has 0 aromatic heterocycles. The van der Waals surface area contributed by atoms with Gasteiger partial charge in [-0.25, -0.2) is 0 Å². The van der Waals surface area contributed by atoms with Gasteiger partial charge in [-0.3, -0.25) is 4.99 Å². The summed E-state index contributed by atoms with van der Waals surface area (Å²) in [5.41, 5.74) is 2.21. The number of aliphatic imine (C=N–C) groups is 1. The summed E-state index contributed by atoms with van der Waals surface area (Å²) in [6.07, 6.45) is 1.55. The van der Waals surface area contributed by atoms with Gasteiger partial charge in [-0.15, -0.1) is 0 Å². The second-order valence-corrected chi connectivity index (χ2v) is 2.15. The van der Waals surface area contributed by atoms with E-state index in [1.807, 2.05) is 24.3 Å². The minimum atomic E-state index is 0.959. The highest BCUT2D eigenvalue weighted by Crippen LogP contribution is 2.10. The molecule has 0 spiro atoms. The fourth-order valence-electron chi connectivity index (χ4n) is 0.736. The summed E-state index contributed by atoms with van der Waals surface area (Å²) >= 11 is 0. The van der Waals surface area contributed by atoms with E-state index < -0.39 is 0 Å². The number of nitrogens with zero attached hydrogens (tertiary/aromatic N) is 1. The van der Waals surface area contributed by atoms with Gasteiger partial charge in [-0.2, -0.15) is 0 Å². The maximum Gasteiger partial charge on any atom is 0.0625 e. The third kappa shape index (κ3) is 1.69. The summed E-state index contributed by atoms with van der Waals surface area (Å²) < 4.78 is 0. The molecule has 51 valence electrons. The van der Waals surface area contributed by atoms with Gasteiger partial charge in [-0.1, -0.05) is 17.7 Å². The fourth-order valence-corrected chi connectivity index (χ4v) is 0.736. The first kappa shape index (κ1) is 7.00.